The van der Waals surface area contributed by atoms with Crippen LogP contribution < -0.4 is 10.1 Å². The summed E-state index contributed by atoms with van der Waals surface area (Å²) in [4.78, 5) is 12.4. The summed E-state index contributed by atoms with van der Waals surface area (Å²) in [5.41, 5.74) is 2.17. The molecule has 1 aromatic heterocycles. The van der Waals surface area contributed by atoms with Crippen LogP contribution in [0.1, 0.15) is 18.9 Å². The van der Waals surface area contributed by atoms with E-state index in [9.17, 15) is 4.79 Å². The van der Waals surface area contributed by atoms with Crippen LogP contribution in [0.25, 0.3) is 10.6 Å². The van der Waals surface area contributed by atoms with Gasteiger partial charge in [-0.25, -0.2) is 0 Å². The summed E-state index contributed by atoms with van der Waals surface area (Å²) in [7, 11) is 0. The zero-order valence-corrected chi connectivity index (χ0v) is 14.9. The number of hydrogen-bond donors (Lipinski definition) is 1. The first kappa shape index (κ1) is 17.1. The Hall–Kier alpha value is -2.73. The van der Waals surface area contributed by atoms with Gasteiger partial charge >= 0.3 is 0 Å². The van der Waals surface area contributed by atoms with E-state index in [4.69, 9.17) is 4.74 Å². The van der Waals surface area contributed by atoms with Crippen LogP contribution in [0.4, 0.5) is 5.13 Å². The second kappa shape index (κ2) is 7.90. The molecule has 0 saturated heterocycles. The first-order valence-corrected chi connectivity index (χ1v) is 8.90. The summed E-state index contributed by atoms with van der Waals surface area (Å²) >= 11 is 1.34. The molecule has 2 aromatic carbocycles. The normalized spacial score (nSPS) is 11.8. The number of para-hydroxylation sites is 1. The SMILES string of the molecule is CC[C@H](Oc1ccccc1)C(=O)Nc1nnc(-c2ccc(C)cc2)s1. The second-order valence-corrected chi connectivity index (χ2v) is 6.57. The Morgan fingerprint density at radius 3 is 2.52 bits per heavy atom. The molecule has 0 fully saturated rings. The number of nitrogens with one attached hydrogen (secondary N) is 1. The molecule has 3 rings (SSSR count). The van der Waals surface area contributed by atoms with Crippen molar-refractivity contribution in [1.29, 1.82) is 0 Å². The number of amides is 1. The number of hydrogen-bond acceptors (Lipinski definition) is 5. The van der Waals surface area contributed by atoms with Gasteiger partial charge in [-0.15, -0.1) is 10.2 Å². The molecule has 0 radical (unpaired) electrons. The Kier molecular flexibility index (Phi) is 5.40. The Balaban J connectivity index is 1.67. The van der Waals surface area contributed by atoms with Crippen LogP contribution in [-0.2, 0) is 4.79 Å². The van der Waals surface area contributed by atoms with Gasteiger partial charge in [0.2, 0.25) is 5.13 Å². The van der Waals surface area contributed by atoms with Crippen LogP contribution in [-0.4, -0.2) is 22.2 Å². The highest BCUT2D eigenvalue weighted by Crippen LogP contribution is 2.26. The molecule has 3 aromatic rings. The van der Waals surface area contributed by atoms with E-state index >= 15 is 0 Å². The van der Waals surface area contributed by atoms with Crippen molar-refractivity contribution in [3.8, 4) is 16.3 Å². The molecule has 5 nitrogen and oxygen atoms in total. The summed E-state index contributed by atoms with van der Waals surface area (Å²) in [5.74, 6) is 0.445. The van der Waals surface area contributed by atoms with Gasteiger partial charge < -0.3 is 4.74 Å². The van der Waals surface area contributed by atoms with E-state index in [0.717, 1.165) is 10.6 Å². The van der Waals surface area contributed by atoms with E-state index in [1.807, 2.05) is 68.4 Å². The molecule has 1 amide bonds. The molecule has 0 aliphatic heterocycles. The molecule has 128 valence electrons. The van der Waals surface area contributed by atoms with E-state index < -0.39 is 6.10 Å². The predicted octanol–water partition coefficient (Wildman–Crippen LogP) is 4.31. The van der Waals surface area contributed by atoms with Crippen molar-refractivity contribution >= 4 is 22.4 Å². The summed E-state index contributed by atoms with van der Waals surface area (Å²) in [6.07, 6.45) is -0.0150. The lowest BCUT2D eigenvalue weighted by Crippen LogP contribution is -2.32. The number of carbonyl (C=O) groups excluding carboxylic acids is 1. The molecule has 0 unspecified atom stereocenters. The minimum atomic E-state index is -0.575. The smallest absolute Gasteiger partial charge is 0.267 e. The largest absolute Gasteiger partial charge is 0.481 e. The molecule has 0 aliphatic carbocycles. The van der Waals surface area contributed by atoms with Gasteiger partial charge in [0.25, 0.3) is 5.91 Å². The second-order valence-electron chi connectivity index (χ2n) is 5.60. The number of ether oxygens (including phenoxy) is 1. The number of carbonyl (C=O) groups is 1. The van der Waals surface area contributed by atoms with Crippen molar-refractivity contribution in [2.45, 2.75) is 26.4 Å². The molecule has 1 N–H and O–H groups in total. The van der Waals surface area contributed by atoms with Crippen molar-refractivity contribution in [2.24, 2.45) is 0 Å². The molecule has 0 saturated carbocycles. The fraction of sp³-hybridized carbons (Fsp3) is 0.211. The van der Waals surface area contributed by atoms with Crippen LogP contribution in [0.5, 0.6) is 5.75 Å². The lowest BCUT2D eigenvalue weighted by atomic mass is 10.2. The number of rotatable bonds is 6. The summed E-state index contributed by atoms with van der Waals surface area (Å²) in [6.45, 7) is 3.94. The Morgan fingerprint density at radius 2 is 1.84 bits per heavy atom. The summed E-state index contributed by atoms with van der Waals surface area (Å²) in [6, 6.07) is 17.3. The Bertz CT molecular complexity index is 831. The maximum Gasteiger partial charge on any atom is 0.267 e. The number of benzene rings is 2. The van der Waals surface area contributed by atoms with E-state index in [1.165, 1.54) is 16.9 Å². The molecule has 0 spiro atoms. The van der Waals surface area contributed by atoms with Crippen LogP contribution in [0.3, 0.4) is 0 Å². The number of aryl methyl sites for hydroxylation is 1. The topological polar surface area (TPSA) is 64.1 Å². The third kappa shape index (κ3) is 4.42. The van der Waals surface area contributed by atoms with Crippen LogP contribution in [0.15, 0.2) is 54.6 Å². The quantitative estimate of drug-likeness (QED) is 0.717. The van der Waals surface area contributed by atoms with Gasteiger partial charge in [0.1, 0.15) is 10.8 Å². The molecular formula is C19H19N3O2S. The molecule has 0 aliphatic rings. The van der Waals surface area contributed by atoms with Crippen molar-refractivity contribution in [1.82, 2.24) is 10.2 Å². The van der Waals surface area contributed by atoms with Crippen molar-refractivity contribution in [3.63, 3.8) is 0 Å². The minimum Gasteiger partial charge on any atom is -0.481 e. The summed E-state index contributed by atoms with van der Waals surface area (Å²) < 4.78 is 5.75. The zero-order chi connectivity index (χ0) is 17.6. The van der Waals surface area contributed by atoms with Crippen molar-refractivity contribution < 1.29 is 9.53 Å². The molecule has 1 heterocycles. The fourth-order valence-corrected chi connectivity index (χ4v) is 3.01. The van der Waals surface area contributed by atoms with Crippen LogP contribution in [0, 0.1) is 6.92 Å². The Morgan fingerprint density at radius 1 is 1.12 bits per heavy atom. The lowest BCUT2D eigenvalue weighted by molar-refractivity contribution is -0.122. The van der Waals surface area contributed by atoms with Gasteiger partial charge in [-0.1, -0.05) is 66.3 Å². The Labute approximate surface area is 150 Å². The third-order valence-corrected chi connectivity index (χ3v) is 4.53. The maximum atomic E-state index is 12.4. The van der Waals surface area contributed by atoms with E-state index in [0.29, 0.717) is 17.3 Å². The van der Waals surface area contributed by atoms with Gasteiger partial charge in [0.05, 0.1) is 0 Å². The highest BCUT2D eigenvalue weighted by atomic mass is 32.1. The van der Waals surface area contributed by atoms with E-state index in [2.05, 4.69) is 15.5 Å². The zero-order valence-electron chi connectivity index (χ0n) is 14.1. The molecule has 1 atom stereocenters. The molecule has 0 bridgehead atoms. The van der Waals surface area contributed by atoms with Crippen LogP contribution >= 0.6 is 11.3 Å². The highest BCUT2D eigenvalue weighted by molar-refractivity contribution is 7.18. The van der Waals surface area contributed by atoms with Gasteiger partial charge in [0, 0.05) is 5.56 Å². The lowest BCUT2D eigenvalue weighted by Gasteiger charge is -2.16. The first-order valence-electron chi connectivity index (χ1n) is 8.09. The van der Waals surface area contributed by atoms with Crippen molar-refractivity contribution in [3.05, 3.63) is 60.2 Å². The number of nitrogens with zero attached hydrogens (tertiary/aromatic N) is 2. The van der Waals surface area contributed by atoms with E-state index in [-0.39, 0.29) is 5.91 Å². The maximum absolute atomic E-state index is 12.4. The average molecular weight is 353 g/mol. The standard InChI is InChI=1S/C19H19N3O2S/c1-3-16(24-15-7-5-4-6-8-15)17(23)20-19-22-21-18(25-19)14-11-9-13(2)10-12-14/h4-12,16H,3H2,1-2H3,(H,20,22,23)/t16-/m0/s1. The average Bonchev–Trinajstić information content (AvgIpc) is 3.09. The predicted molar refractivity (Wildman–Crippen MR) is 99.9 cm³/mol. The third-order valence-electron chi connectivity index (χ3n) is 3.64. The fourth-order valence-electron chi connectivity index (χ4n) is 2.26. The van der Waals surface area contributed by atoms with Gasteiger partial charge in [-0.05, 0) is 25.5 Å². The van der Waals surface area contributed by atoms with Gasteiger partial charge in [-0.2, -0.15) is 0 Å². The molecular weight excluding hydrogens is 334 g/mol. The van der Waals surface area contributed by atoms with Crippen LogP contribution in [0.2, 0.25) is 0 Å². The minimum absolute atomic E-state index is 0.224. The molecule has 6 heteroatoms. The van der Waals surface area contributed by atoms with Crippen molar-refractivity contribution in [2.75, 3.05) is 5.32 Å². The van der Waals surface area contributed by atoms with Gasteiger partial charge in [0.15, 0.2) is 6.10 Å². The monoisotopic (exact) mass is 353 g/mol. The van der Waals surface area contributed by atoms with E-state index in [1.54, 1.807) is 0 Å². The molecule has 25 heavy (non-hydrogen) atoms. The highest BCUT2D eigenvalue weighted by Gasteiger charge is 2.20. The number of aromatic nitrogens is 2. The van der Waals surface area contributed by atoms with Gasteiger partial charge in [-0.3, -0.25) is 10.1 Å². The summed E-state index contributed by atoms with van der Waals surface area (Å²) in [5, 5.41) is 12.2. The first-order chi connectivity index (χ1) is 12.2. The number of anilines is 1.